The van der Waals surface area contributed by atoms with Crippen molar-refractivity contribution in [3.63, 3.8) is 0 Å². The maximum atomic E-state index is 12.3. The number of hydrogen-bond donors (Lipinski definition) is 0. The number of allylic oxidation sites excluding steroid dienone is 1. The number of aromatic nitrogens is 2. The molecule has 0 fully saturated rings. The number of aryl methyl sites for hydroxylation is 1. The van der Waals surface area contributed by atoms with Crippen LogP contribution in [0, 0.1) is 0 Å². The highest BCUT2D eigenvalue weighted by atomic mass is 16.5. The molecule has 0 bridgehead atoms. The standard InChI is InChI=1S/C20H16N2O3/c1-25-20(24)14-8-6-13(7-9-14)12-15-10-11-22-17-5-3-2-4-16(17)19(23)21-18(15)22/h2-9,12H,10-11H2,1H3. The number of para-hydroxylation sites is 1. The van der Waals surface area contributed by atoms with Crippen LogP contribution in [-0.4, -0.2) is 22.6 Å². The molecule has 124 valence electrons. The Morgan fingerprint density at radius 1 is 1.16 bits per heavy atom. The number of carbonyl (C=O) groups excluding carboxylic acids is 1. The summed E-state index contributed by atoms with van der Waals surface area (Å²) >= 11 is 0. The molecule has 0 N–H and O–H groups in total. The number of benzene rings is 2. The lowest BCUT2D eigenvalue weighted by Gasteiger charge is -2.07. The molecular formula is C20H16N2O3. The lowest BCUT2D eigenvalue weighted by Crippen LogP contribution is -2.14. The number of fused-ring (bicyclic) bond motifs is 3. The summed E-state index contributed by atoms with van der Waals surface area (Å²) in [6.07, 6.45) is 2.83. The smallest absolute Gasteiger partial charge is 0.337 e. The van der Waals surface area contributed by atoms with Gasteiger partial charge in [0.2, 0.25) is 0 Å². The number of carbonyl (C=O) groups is 1. The number of nitrogens with zero attached hydrogens (tertiary/aromatic N) is 2. The Kier molecular flexibility index (Phi) is 3.69. The molecular weight excluding hydrogens is 316 g/mol. The van der Waals surface area contributed by atoms with Gasteiger partial charge in [-0.1, -0.05) is 24.3 Å². The summed E-state index contributed by atoms with van der Waals surface area (Å²) in [6, 6.07) is 14.7. The average molecular weight is 332 g/mol. The molecule has 5 nitrogen and oxygen atoms in total. The molecule has 0 unspecified atom stereocenters. The lowest BCUT2D eigenvalue weighted by molar-refractivity contribution is 0.0600. The first-order valence-corrected chi connectivity index (χ1v) is 8.06. The largest absolute Gasteiger partial charge is 0.465 e. The van der Waals surface area contributed by atoms with Crippen LogP contribution in [0.5, 0.6) is 0 Å². The van der Waals surface area contributed by atoms with E-state index in [0.29, 0.717) is 10.9 Å². The fourth-order valence-electron chi connectivity index (χ4n) is 3.21. The normalized spacial score (nSPS) is 14.7. The van der Waals surface area contributed by atoms with Crippen molar-refractivity contribution in [3.8, 4) is 0 Å². The molecule has 1 aliphatic rings. The molecule has 2 heterocycles. The summed E-state index contributed by atoms with van der Waals surface area (Å²) in [7, 11) is 1.36. The van der Waals surface area contributed by atoms with Gasteiger partial charge in [0.1, 0.15) is 5.82 Å². The Hall–Kier alpha value is -3.21. The van der Waals surface area contributed by atoms with Crippen molar-refractivity contribution in [2.75, 3.05) is 7.11 Å². The topological polar surface area (TPSA) is 61.2 Å². The van der Waals surface area contributed by atoms with Gasteiger partial charge in [-0.2, -0.15) is 4.98 Å². The van der Waals surface area contributed by atoms with Gasteiger partial charge in [-0.25, -0.2) is 4.79 Å². The maximum Gasteiger partial charge on any atom is 0.337 e. The zero-order valence-electron chi connectivity index (χ0n) is 13.7. The van der Waals surface area contributed by atoms with Crippen molar-refractivity contribution in [2.24, 2.45) is 0 Å². The van der Waals surface area contributed by atoms with Gasteiger partial charge in [0.05, 0.1) is 23.6 Å². The molecule has 1 aliphatic heterocycles. The van der Waals surface area contributed by atoms with Crippen molar-refractivity contribution in [1.29, 1.82) is 0 Å². The summed E-state index contributed by atoms with van der Waals surface area (Å²) in [5.41, 5.74) is 3.21. The first-order valence-electron chi connectivity index (χ1n) is 8.06. The Bertz CT molecular complexity index is 1060. The highest BCUT2D eigenvalue weighted by Crippen LogP contribution is 2.29. The van der Waals surface area contributed by atoms with Crippen molar-refractivity contribution in [3.05, 3.63) is 75.8 Å². The first-order chi connectivity index (χ1) is 12.2. The van der Waals surface area contributed by atoms with E-state index in [0.717, 1.165) is 35.4 Å². The van der Waals surface area contributed by atoms with Gasteiger partial charge in [0.25, 0.3) is 5.56 Å². The van der Waals surface area contributed by atoms with Crippen LogP contribution in [-0.2, 0) is 11.3 Å². The van der Waals surface area contributed by atoms with E-state index in [1.807, 2.05) is 42.5 Å². The number of hydrogen-bond acceptors (Lipinski definition) is 4. The fourth-order valence-corrected chi connectivity index (χ4v) is 3.21. The Balaban J connectivity index is 1.76. The third kappa shape index (κ3) is 2.63. The first kappa shape index (κ1) is 15.3. The van der Waals surface area contributed by atoms with E-state index in [9.17, 15) is 9.59 Å². The molecule has 0 atom stereocenters. The molecule has 0 aliphatic carbocycles. The predicted octanol–water partition coefficient (Wildman–Crippen LogP) is 3.13. The van der Waals surface area contributed by atoms with Crippen LogP contribution in [0.3, 0.4) is 0 Å². The molecule has 0 saturated heterocycles. The molecule has 4 rings (SSSR count). The second-order valence-corrected chi connectivity index (χ2v) is 5.94. The van der Waals surface area contributed by atoms with E-state index in [1.165, 1.54) is 7.11 Å². The Morgan fingerprint density at radius 2 is 1.92 bits per heavy atom. The lowest BCUT2D eigenvalue weighted by atomic mass is 10.1. The van der Waals surface area contributed by atoms with Crippen molar-refractivity contribution >= 4 is 28.5 Å². The summed E-state index contributed by atoms with van der Waals surface area (Å²) in [5.74, 6) is 0.367. The highest BCUT2D eigenvalue weighted by Gasteiger charge is 2.20. The van der Waals surface area contributed by atoms with Crippen molar-refractivity contribution < 1.29 is 9.53 Å². The number of esters is 1. The monoisotopic (exact) mass is 332 g/mol. The number of methoxy groups -OCH3 is 1. The van der Waals surface area contributed by atoms with Gasteiger partial charge in [-0.15, -0.1) is 0 Å². The minimum Gasteiger partial charge on any atom is -0.465 e. The van der Waals surface area contributed by atoms with Crippen LogP contribution in [0.15, 0.2) is 53.3 Å². The average Bonchev–Trinajstić information content (AvgIpc) is 3.05. The number of ether oxygens (including phenoxy) is 1. The third-order valence-electron chi connectivity index (χ3n) is 4.45. The Morgan fingerprint density at radius 3 is 2.68 bits per heavy atom. The summed E-state index contributed by atoms with van der Waals surface area (Å²) in [5, 5.41) is 0.648. The van der Waals surface area contributed by atoms with Crippen LogP contribution >= 0.6 is 0 Å². The van der Waals surface area contributed by atoms with E-state index in [4.69, 9.17) is 4.74 Å². The zero-order chi connectivity index (χ0) is 17.4. The van der Waals surface area contributed by atoms with Crippen molar-refractivity contribution in [1.82, 2.24) is 9.55 Å². The van der Waals surface area contributed by atoms with Gasteiger partial charge in [0, 0.05) is 6.54 Å². The Labute approximate surface area is 144 Å². The van der Waals surface area contributed by atoms with Gasteiger partial charge in [0.15, 0.2) is 0 Å². The molecule has 2 aromatic carbocycles. The van der Waals surface area contributed by atoms with Crippen LogP contribution in [0.2, 0.25) is 0 Å². The predicted molar refractivity (Wildman–Crippen MR) is 96.3 cm³/mol. The molecule has 5 heteroatoms. The summed E-state index contributed by atoms with van der Waals surface area (Å²) in [4.78, 5) is 28.1. The minimum atomic E-state index is -0.356. The van der Waals surface area contributed by atoms with Gasteiger partial charge in [-0.05, 0) is 47.9 Å². The van der Waals surface area contributed by atoms with Crippen molar-refractivity contribution in [2.45, 2.75) is 13.0 Å². The van der Waals surface area contributed by atoms with Crippen LogP contribution in [0.25, 0.3) is 22.6 Å². The second kappa shape index (κ2) is 6.02. The molecule has 0 spiro atoms. The molecule has 0 saturated carbocycles. The van der Waals surface area contributed by atoms with Gasteiger partial charge >= 0.3 is 5.97 Å². The third-order valence-corrected chi connectivity index (χ3v) is 4.45. The van der Waals surface area contributed by atoms with E-state index in [1.54, 1.807) is 12.1 Å². The maximum absolute atomic E-state index is 12.3. The highest BCUT2D eigenvalue weighted by molar-refractivity contribution is 5.90. The van der Waals surface area contributed by atoms with Gasteiger partial charge in [-0.3, -0.25) is 4.79 Å². The van der Waals surface area contributed by atoms with Gasteiger partial charge < -0.3 is 9.30 Å². The van der Waals surface area contributed by atoms with Crippen LogP contribution in [0.4, 0.5) is 0 Å². The zero-order valence-corrected chi connectivity index (χ0v) is 13.7. The second-order valence-electron chi connectivity index (χ2n) is 5.94. The molecule has 0 radical (unpaired) electrons. The number of rotatable bonds is 2. The molecule has 25 heavy (non-hydrogen) atoms. The van der Waals surface area contributed by atoms with E-state index >= 15 is 0 Å². The van der Waals surface area contributed by atoms with E-state index in [-0.39, 0.29) is 11.5 Å². The molecule has 3 aromatic rings. The fraction of sp³-hybridized carbons (Fsp3) is 0.150. The van der Waals surface area contributed by atoms with E-state index in [2.05, 4.69) is 9.55 Å². The molecule has 1 aromatic heterocycles. The minimum absolute atomic E-state index is 0.198. The summed E-state index contributed by atoms with van der Waals surface area (Å²) in [6.45, 7) is 0.801. The molecule has 0 amide bonds. The quantitative estimate of drug-likeness (QED) is 0.677. The van der Waals surface area contributed by atoms with Crippen LogP contribution in [0.1, 0.15) is 28.2 Å². The summed E-state index contributed by atoms with van der Waals surface area (Å²) < 4.78 is 6.80. The van der Waals surface area contributed by atoms with Crippen LogP contribution < -0.4 is 5.56 Å². The van der Waals surface area contributed by atoms with E-state index < -0.39 is 0 Å². The SMILES string of the molecule is COC(=O)c1ccc(C=C2CCn3c2nc(=O)c2ccccc23)cc1.